The first-order valence-electron chi connectivity index (χ1n) is 4.19. The molecule has 0 heterocycles. The number of nitrogens with two attached hydrogens (primary N) is 1. The molecule has 0 spiro atoms. The van der Waals surface area contributed by atoms with Crippen LogP contribution in [-0.4, -0.2) is 11.3 Å². The summed E-state index contributed by atoms with van der Waals surface area (Å²) in [6.07, 6.45) is 7.82. The minimum atomic E-state index is 0.177. The maximum absolute atomic E-state index is 5.63. The first-order chi connectivity index (χ1) is 4.77. The average molecular weight is 159 g/mol. The molecule has 60 valence electrons. The van der Waals surface area contributed by atoms with Crippen LogP contribution < -0.4 is 5.73 Å². The SMILES string of the molecule is NCC1(S)CCCCCC1. The fourth-order valence-corrected chi connectivity index (χ4v) is 1.91. The van der Waals surface area contributed by atoms with E-state index in [0.29, 0.717) is 0 Å². The molecule has 0 aromatic carbocycles. The molecule has 0 radical (unpaired) electrons. The van der Waals surface area contributed by atoms with Gasteiger partial charge in [-0.3, -0.25) is 0 Å². The second-order valence-electron chi connectivity index (χ2n) is 3.34. The van der Waals surface area contributed by atoms with E-state index in [1.54, 1.807) is 0 Å². The Balaban J connectivity index is 2.41. The summed E-state index contributed by atoms with van der Waals surface area (Å²) < 4.78 is 0.177. The van der Waals surface area contributed by atoms with Crippen molar-refractivity contribution in [2.75, 3.05) is 6.54 Å². The molecule has 0 bridgehead atoms. The molecule has 1 nitrogen and oxygen atoms in total. The van der Waals surface area contributed by atoms with Gasteiger partial charge >= 0.3 is 0 Å². The lowest BCUT2D eigenvalue weighted by atomic mass is 10.00. The van der Waals surface area contributed by atoms with Crippen molar-refractivity contribution in [2.24, 2.45) is 5.73 Å². The van der Waals surface area contributed by atoms with Crippen molar-refractivity contribution in [1.29, 1.82) is 0 Å². The topological polar surface area (TPSA) is 26.0 Å². The van der Waals surface area contributed by atoms with E-state index in [-0.39, 0.29) is 4.75 Å². The minimum absolute atomic E-state index is 0.177. The van der Waals surface area contributed by atoms with E-state index >= 15 is 0 Å². The van der Waals surface area contributed by atoms with Crippen LogP contribution >= 0.6 is 12.6 Å². The second kappa shape index (κ2) is 3.63. The van der Waals surface area contributed by atoms with Gasteiger partial charge in [0, 0.05) is 11.3 Å². The number of rotatable bonds is 1. The van der Waals surface area contributed by atoms with Crippen LogP contribution in [0, 0.1) is 0 Å². The Morgan fingerprint density at radius 1 is 1.10 bits per heavy atom. The van der Waals surface area contributed by atoms with Gasteiger partial charge in [-0.25, -0.2) is 0 Å². The molecule has 1 aliphatic rings. The van der Waals surface area contributed by atoms with Crippen LogP contribution in [0.1, 0.15) is 38.5 Å². The highest BCUT2D eigenvalue weighted by Crippen LogP contribution is 2.31. The molecule has 0 atom stereocenters. The Kier molecular flexibility index (Phi) is 3.05. The predicted molar refractivity (Wildman–Crippen MR) is 48.5 cm³/mol. The van der Waals surface area contributed by atoms with Gasteiger partial charge in [-0.1, -0.05) is 25.7 Å². The Labute approximate surface area is 68.8 Å². The zero-order valence-electron chi connectivity index (χ0n) is 6.47. The molecule has 2 N–H and O–H groups in total. The summed E-state index contributed by atoms with van der Waals surface area (Å²) in [6, 6.07) is 0. The molecular formula is C8H17NS. The molecule has 1 aliphatic carbocycles. The van der Waals surface area contributed by atoms with E-state index < -0.39 is 0 Å². The fourth-order valence-electron chi connectivity index (χ4n) is 1.59. The van der Waals surface area contributed by atoms with E-state index in [1.165, 1.54) is 38.5 Å². The van der Waals surface area contributed by atoms with Crippen LogP contribution in [0.4, 0.5) is 0 Å². The average Bonchev–Trinajstić information content (AvgIpc) is 2.15. The summed E-state index contributed by atoms with van der Waals surface area (Å²) in [5.41, 5.74) is 5.63. The maximum Gasteiger partial charge on any atom is 0.0252 e. The minimum Gasteiger partial charge on any atom is -0.329 e. The summed E-state index contributed by atoms with van der Waals surface area (Å²) in [4.78, 5) is 0. The van der Waals surface area contributed by atoms with Crippen LogP contribution in [0.2, 0.25) is 0 Å². The van der Waals surface area contributed by atoms with E-state index in [2.05, 4.69) is 12.6 Å². The van der Waals surface area contributed by atoms with Crippen molar-refractivity contribution in [2.45, 2.75) is 43.3 Å². The van der Waals surface area contributed by atoms with E-state index in [1.807, 2.05) is 0 Å². The summed E-state index contributed by atoms with van der Waals surface area (Å²) in [5.74, 6) is 0. The molecule has 1 rings (SSSR count). The van der Waals surface area contributed by atoms with Crippen LogP contribution in [0.15, 0.2) is 0 Å². The lowest BCUT2D eigenvalue weighted by Gasteiger charge is -2.24. The lowest BCUT2D eigenvalue weighted by molar-refractivity contribution is 0.526. The van der Waals surface area contributed by atoms with E-state index in [0.717, 1.165) is 6.54 Å². The van der Waals surface area contributed by atoms with Crippen LogP contribution in [0.25, 0.3) is 0 Å². The summed E-state index contributed by atoms with van der Waals surface area (Å²) in [5, 5.41) is 0. The van der Waals surface area contributed by atoms with Gasteiger partial charge in [0.2, 0.25) is 0 Å². The zero-order valence-corrected chi connectivity index (χ0v) is 7.37. The van der Waals surface area contributed by atoms with Gasteiger partial charge in [-0.05, 0) is 12.8 Å². The Hall–Kier alpha value is 0.310. The molecule has 0 saturated heterocycles. The second-order valence-corrected chi connectivity index (χ2v) is 4.29. The van der Waals surface area contributed by atoms with Gasteiger partial charge in [-0.2, -0.15) is 12.6 Å². The highest BCUT2D eigenvalue weighted by atomic mass is 32.1. The highest BCUT2D eigenvalue weighted by molar-refractivity contribution is 7.81. The maximum atomic E-state index is 5.63. The Bertz CT molecular complexity index is 95.4. The van der Waals surface area contributed by atoms with Gasteiger partial charge in [0.25, 0.3) is 0 Å². The summed E-state index contributed by atoms with van der Waals surface area (Å²) >= 11 is 4.59. The molecule has 0 unspecified atom stereocenters. The molecule has 0 aromatic rings. The largest absolute Gasteiger partial charge is 0.329 e. The fraction of sp³-hybridized carbons (Fsp3) is 1.00. The number of thiol groups is 1. The third kappa shape index (κ3) is 2.17. The van der Waals surface area contributed by atoms with Gasteiger partial charge in [0.05, 0.1) is 0 Å². The van der Waals surface area contributed by atoms with Gasteiger partial charge in [0.15, 0.2) is 0 Å². The Morgan fingerprint density at radius 2 is 1.60 bits per heavy atom. The lowest BCUT2D eigenvalue weighted by Crippen LogP contribution is -2.30. The quantitative estimate of drug-likeness (QED) is 0.444. The summed E-state index contributed by atoms with van der Waals surface area (Å²) in [6.45, 7) is 0.746. The predicted octanol–water partition coefficient (Wildman–Crippen LogP) is 1.97. The van der Waals surface area contributed by atoms with Crippen molar-refractivity contribution in [3.8, 4) is 0 Å². The van der Waals surface area contributed by atoms with Crippen LogP contribution in [-0.2, 0) is 0 Å². The van der Waals surface area contributed by atoms with Gasteiger partial charge < -0.3 is 5.73 Å². The van der Waals surface area contributed by atoms with Crippen molar-refractivity contribution in [1.82, 2.24) is 0 Å². The molecule has 1 saturated carbocycles. The molecular weight excluding hydrogens is 142 g/mol. The third-order valence-corrected chi connectivity index (χ3v) is 3.04. The van der Waals surface area contributed by atoms with E-state index in [9.17, 15) is 0 Å². The highest BCUT2D eigenvalue weighted by Gasteiger charge is 2.24. The summed E-state index contributed by atoms with van der Waals surface area (Å²) in [7, 11) is 0. The molecule has 0 aromatic heterocycles. The standard InChI is InChI=1S/C8H17NS/c9-7-8(10)5-3-1-2-4-6-8/h10H,1-7,9H2. The Morgan fingerprint density at radius 3 is 2.00 bits per heavy atom. The van der Waals surface area contributed by atoms with Gasteiger partial charge in [-0.15, -0.1) is 0 Å². The number of hydrogen-bond acceptors (Lipinski definition) is 2. The van der Waals surface area contributed by atoms with Crippen LogP contribution in [0.3, 0.4) is 0 Å². The molecule has 1 fully saturated rings. The van der Waals surface area contributed by atoms with Crippen molar-refractivity contribution in [3.05, 3.63) is 0 Å². The molecule has 0 aliphatic heterocycles. The molecule has 2 heteroatoms. The monoisotopic (exact) mass is 159 g/mol. The first kappa shape index (κ1) is 8.41. The normalized spacial score (nSPS) is 25.8. The van der Waals surface area contributed by atoms with E-state index in [4.69, 9.17) is 5.73 Å². The van der Waals surface area contributed by atoms with Crippen molar-refractivity contribution < 1.29 is 0 Å². The molecule has 10 heavy (non-hydrogen) atoms. The van der Waals surface area contributed by atoms with Gasteiger partial charge in [0.1, 0.15) is 0 Å². The van der Waals surface area contributed by atoms with Crippen LogP contribution in [0.5, 0.6) is 0 Å². The van der Waals surface area contributed by atoms with Crippen molar-refractivity contribution in [3.63, 3.8) is 0 Å². The number of hydrogen-bond donors (Lipinski definition) is 2. The molecule has 0 amide bonds. The first-order valence-corrected chi connectivity index (χ1v) is 4.64. The third-order valence-electron chi connectivity index (χ3n) is 2.41. The zero-order chi connectivity index (χ0) is 7.45. The van der Waals surface area contributed by atoms with Crippen molar-refractivity contribution >= 4 is 12.6 Å². The smallest absolute Gasteiger partial charge is 0.0252 e.